The van der Waals surface area contributed by atoms with E-state index < -0.39 is 0 Å². The summed E-state index contributed by atoms with van der Waals surface area (Å²) >= 11 is 0. The highest BCUT2D eigenvalue weighted by molar-refractivity contribution is 5.89. The Kier molecular flexibility index (Phi) is 3.65. The van der Waals surface area contributed by atoms with Crippen molar-refractivity contribution in [1.29, 1.82) is 0 Å². The molecule has 18 heavy (non-hydrogen) atoms. The monoisotopic (exact) mass is 247 g/mol. The molecule has 0 unspecified atom stereocenters. The van der Waals surface area contributed by atoms with Crippen molar-refractivity contribution in [3.8, 4) is 0 Å². The van der Waals surface area contributed by atoms with Gasteiger partial charge in [-0.2, -0.15) is 0 Å². The molecule has 0 spiro atoms. The molecule has 1 N–H and O–H groups in total. The summed E-state index contributed by atoms with van der Waals surface area (Å²) in [6.07, 6.45) is 0.993. The number of carbonyl (C=O) groups excluding carboxylic acids is 2. The number of nitrogens with one attached hydrogen (secondary N) is 1. The van der Waals surface area contributed by atoms with Gasteiger partial charge in [-0.1, -0.05) is 19.1 Å². The lowest BCUT2D eigenvalue weighted by Gasteiger charge is -2.05. The zero-order valence-electron chi connectivity index (χ0n) is 10.6. The number of ether oxygens (including phenoxy) is 1. The molecule has 1 fully saturated rings. The first-order valence-corrected chi connectivity index (χ1v) is 6.06. The van der Waals surface area contributed by atoms with E-state index in [0.29, 0.717) is 18.0 Å². The third kappa shape index (κ3) is 2.88. The van der Waals surface area contributed by atoms with E-state index in [1.165, 1.54) is 7.11 Å². The summed E-state index contributed by atoms with van der Waals surface area (Å²) in [7, 11) is 1.35. The first-order valence-electron chi connectivity index (χ1n) is 6.06. The summed E-state index contributed by atoms with van der Waals surface area (Å²) in [5, 5.41) is 2.90. The number of amides is 1. The van der Waals surface area contributed by atoms with Gasteiger partial charge >= 0.3 is 5.97 Å². The Morgan fingerprint density at radius 3 is 2.44 bits per heavy atom. The first-order chi connectivity index (χ1) is 8.61. The normalized spacial score (nSPS) is 21.2. The van der Waals surface area contributed by atoms with Gasteiger partial charge in [-0.05, 0) is 30.0 Å². The van der Waals surface area contributed by atoms with Gasteiger partial charge in [0.2, 0.25) is 5.91 Å². The van der Waals surface area contributed by atoms with Crippen molar-refractivity contribution >= 4 is 11.9 Å². The third-order valence-electron chi connectivity index (χ3n) is 3.29. The molecule has 0 radical (unpaired) electrons. The molecule has 96 valence electrons. The van der Waals surface area contributed by atoms with Crippen molar-refractivity contribution in [2.45, 2.75) is 19.9 Å². The number of hydrogen-bond donors (Lipinski definition) is 1. The second kappa shape index (κ2) is 5.21. The highest BCUT2D eigenvalue weighted by Gasteiger charge is 2.38. The van der Waals surface area contributed by atoms with Crippen LogP contribution in [0.3, 0.4) is 0 Å². The molecular weight excluding hydrogens is 230 g/mol. The van der Waals surface area contributed by atoms with Crippen molar-refractivity contribution in [2.24, 2.45) is 11.8 Å². The molecule has 1 aromatic carbocycles. The van der Waals surface area contributed by atoms with Gasteiger partial charge in [0.1, 0.15) is 0 Å². The highest BCUT2D eigenvalue weighted by Crippen LogP contribution is 2.37. The van der Waals surface area contributed by atoms with E-state index in [-0.39, 0.29) is 17.8 Å². The fraction of sp³-hybridized carbons (Fsp3) is 0.429. The van der Waals surface area contributed by atoms with Crippen LogP contribution in [0.2, 0.25) is 0 Å². The van der Waals surface area contributed by atoms with Crippen molar-refractivity contribution < 1.29 is 14.3 Å². The van der Waals surface area contributed by atoms with E-state index in [9.17, 15) is 9.59 Å². The van der Waals surface area contributed by atoms with E-state index in [1.807, 2.05) is 12.1 Å². The van der Waals surface area contributed by atoms with Gasteiger partial charge in [-0.25, -0.2) is 4.79 Å². The van der Waals surface area contributed by atoms with Gasteiger partial charge in [0, 0.05) is 12.5 Å². The summed E-state index contributed by atoms with van der Waals surface area (Å²) in [4.78, 5) is 22.9. The second-order valence-electron chi connectivity index (χ2n) is 4.73. The van der Waals surface area contributed by atoms with Crippen LogP contribution in [0.25, 0.3) is 0 Å². The Morgan fingerprint density at radius 2 is 1.94 bits per heavy atom. The largest absolute Gasteiger partial charge is 0.465 e. The number of rotatable bonds is 4. The molecule has 1 aliphatic carbocycles. The third-order valence-corrected chi connectivity index (χ3v) is 3.29. The van der Waals surface area contributed by atoms with Gasteiger partial charge in [-0.15, -0.1) is 0 Å². The van der Waals surface area contributed by atoms with Crippen LogP contribution in [-0.2, 0) is 16.1 Å². The molecule has 0 heterocycles. The topological polar surface area (TPSA) is 55.4 Å². The highest BCUT2D eigenvalue weighted by atomic mass is 16.5. The number of hydrogen-bond acceptors (Lipinski definition) is 3. The Bertz CT molecular complexity index is 453. The molecule has 0 aliphatic heterocycles. The molecule has 1 saturated carbocycles. The fourth-order valence-electron chi connectivity index (χ4n) is 1.88. The van der Waals surface area contributed by atoms with Crippen LogP contribution in [0, 0.1) is 11.8 Å². The van der Waals surface area contributed by atoms with Gasteiger partial charge in [-0.3, -0.25) is 4.79 Å². The molecule has 2 rings (SSSR count). The van der Waals surface area contributed by atoms with Crippen LogP contribution in [0.15, 0.2) is 24.3 Å². The minimum absolute atomic E-state index is 0.125. The quantitative estimate of drug-likeness (QED) is 0.825. The van der Waals surface area contributed by atoms with E-state index >= 15 is 0 Å². The number of methoxy groups -OCH3 is 1. The molecule has 1 amide bonds. The van der Waals surface area contributed by atoms with Crippen LogP contribution in [-0.4, -0.2) is 19.0 Å². The summed E-state index contributed by atoms with van der Waals surface area (Å²) in [5.74, 6) is 0.489. The van der Waals surface area contributed by atoms with Gasteiger partial charge < -0.3 is 10.1 Å². The molecule has 0 bridgehead atoms. The first kappa shape index (κ1) is 12.6. The minimum atomic E-state index is -0.350. The smallest absolute Gasteiger partial charge is 0.337 e. The maximum absolute atomic E-state index is 11.6. The lowest BCUT2D eigenvalue weighted by molar-refractivity contribution is -0.122. The molecule has 0 aromatic heterocycles. The van der Waals surface area contributed by atoms with Crippen LogP contribution >= 0.6 is 0 Å². The van der Waals surface area contributed by atoms with Gasteiger partial charge in [0.15, 0.2) is 0 Å². The minimum Gasteiger partial charge on any atom is -0.465 e. The molecule has 1 aromatic rings. The molecule has 1 aliphatic rings. The summed E-state index contributed by atoms with van der Waals surface area (Å²) in [5.41, 5.74) is 1.49. The maximum Gasteiger partial charge on any atom is 0.337 e. The van der Waals surface area contributed by atoms with Gasteiger partial charge in [0.25, 0.3) is 0 Å². The zero-order chi connectivity index (χ0) is 13.1. The molecule has 4 nitrogen and oxygen atoms in total. The Morgan fingerprint density at radius 1 is 1.33 bits per heavy atom. The van der Waals surface area contributed by atoms with Crippen molar-refractivity contribution in [2.75, 3.05) is 7.11 Å². The predicted molar refractivity (Wildman–Crippen MR) is 66.9 cm³/mol. The van der Waals surface area contributed by atoms with E-state index in [1.54, 1.807) is 12.1 Å². The van der Waals surface area contributed by atoms with Crippen molar-refractivity contribution in [3.05, 3.63) is 35.4 Å². The number of esters is 1. The second-order valence-corrected chi connectivity index (χ2v) is 4.73. The van der Waals surface area contributed by atoms with Crippen molar-refractivity contribution in [3.63, 3.8) is 0 Å². The van der Waals surface area contributed by atoms with E-state index in [4.69, 9.17) is 0 Å². The number of benzene rings is 1. The van der Waals surface area contributed by atoms with Gasteiger partial charge in [0.05, 0.1) is 12.7 Å². The summed E-state index contributed by atoms with van der Waals surface area (Å²) < 4.78 is 4.62. The molecule has 0 saturated heterocycles. The van der Waals surface area contributed by atoms with E-state index in [2.05, 4.69) is 17.0 Å². The summed E-state index contributed by atoms with van der Waals surface area (Å²) in [6.45, 7) is 2.58. The molecular formula is C14H17NO3. The fourth-order valence-corrected chi connectivity index (χ4v) is 1.88. The summed E-state index contributed by atoms with van der Waals surface area (Å²) in [6, 6.07) is 7.05. The van der Waals surface area contributed by atoms with Crippen LogP contribution in [0.5, 0.6) is 0 Å². The maximum atomic E-state index is 11.6. The van der Waals surface area contributed by atoms with Crippen LogP contribution in [0.1, 0.15) is 29.3 Å². The molecule has 2 atom stereocenters. The average molecular weight is 247 g/mol. The Balaban J connectivity index is 1.86. The zero-order valence-corrected chi connectivity index (χ0v) is 10.6. The van der Waals surface area contributed by atoms with E-state index in [0.717, 1.165) is 12.0 Å². The van der Waals surface area contributed by atoms with Crippen LogP contribution in [0.4, 0.5) is 0 Å². The Labute approximate surface area is 106 Å². The Hall–Kier alpha value is -1.84. The average Bonchev–Trinajstić information content (AvgIpc) is 3.13. The number of carbonyl (C=O) groups is 2. The lowest BCUT2D eigenvalue weighted by Crippen LogP contribution is -2.24. The standard InChI is InChI=1S/C14H17NO3/c1-9-7-12(9)13(16)15-8-10-3-5-11(6-4-10)14(17)18-2/h3-6,9,12H,7-8H2,1-2H3,(H,15,16)/t9-,12-/m0/s1. The predicted octanol–water partition coefficient (Wildman–Crippen LogP) is 1.75. The SMILES string of the molecule is COC(=O)c1ccc(CNC(=O)[C@H]2C[C@@H]2C)cc1. The van der Waals surface area contributed by atoms with Crippen molar-refractivity contribution in [1.82, 2.24) is 5.32 Å². The van der Waals surface area contributed by atoms with Crippen LogP contribution < -0.4 is 5.32 Å². The molecule has 4 heteroatoms. The lowest BCUT2D eigenvalue weighted by atomic mass is 10.1.